The molecule has 0 amide bonds. The molecule has 0 bridgehead atoms. The third-order valence-corrected chi connectivity index (χ3v) is 2.52. The number of aliphatic hydroxyl groups is 1. The van der Waals surface area contributed by atoms with Crippen molar-refractivity contribution in [3.63, 3.8) is 0 Å². The molecule has 0 radical (unpaired) electrons. The van der Waals surface area contributed by atoms with Crippen LogP contribution in [0.5, 0.6) is 5.75 Å². The second-order valence-corrected chi connectivity index (χ2v) is 4.44. The Hall–Kier alpha value is -1.57. The summed E-state index contributed by atoms with van der Waals surface area (Å²) in [6, 6.07) is 9.66. The number of aliphatic hydroxyl groups excluding tert-OH is 1. The van der Waals surface area contributed by atoms with Crippen LogP contribution < -0.4 is 4.74 Å². The van der Waals surface area contributed by atoms with E-state index >= 15 is 0 Å². The Kier molecular flexibility index (Phi) is 6.20. The lowest BCUT2D eigenvalue weighted by Crippen LogP contribution is -2.30. The van der Waals surface area contributed by atoms with Gasteiger partial charge < -0.3 is 14.7 Å². The summed E-state index contributed by atoms with van der Waals surface area (Å²) in [5, 5.41) is 17.8. The van der Waals surface area contributed by atoms with Gasteiger partial charge in [0, 0.05) is 13.1 Å². The molecule has 0 aliphatic rings. The quantitative estimate of drug-likeness (QED) is 0.793. The van der Waals surface area contributed by atoms with Gasteiger partial charge in [0.2, 0.25) is 0 Å². The fourth-order valence-electron chi connectivity index (χ4n) is 1.66. The molecule has 0 spiro atoms. The van der Waals surface area contributed by atoms with E-state index in [0.717, 1.165) is 17.9 Å². The predicted octanol–water partition coefficient (Wildman–Crippen LogP) is 1.44. The Labute approximate surface area is 108 Å². The SMILES string of the molecule is CC(O)CN(C)CCOc1ccc(CC#N)cc1. The van der Waals surface area contributed by atoms with E-state index in [0.29, 0.717) is 19.6 Å². The molecular weight excluding hydrogens is 228 g/mol. The van der Waals surface area contributed by atoms with Crippen LogP contribution in [0.4, 0.5) is 0 Å². The first kappa shape index (κ1) is 14.5. The van der Waals surface area contributed by atoms with Gasteiger partial charge in [0.15, 0.2) is 0 Å². The number of nitriles is 1. The lowest BCUT2D eigenvalue weighted by atomic mass is 10.2. The summed E-state index contributed by atoms with van der Waals surface area (Å²) in [5.74, 6) is 0.808. The van der Waals surface area contributed by atoms with Crippen LogP contribution in [0, 0.1) is 11.3 Å². The molecule has 0 aliphatic carbocycles. The summed E-state index contributed by atoms with van der Waals surface area (Å²) < 4.78 is 5.59. The maximum absolute atomic E-state index is 9.21. The zero-order valence-electron chi connectivity index (χ0n) is 11.0. The molecule has 0 fully saturated rings. The molecule has 1 rings (SSSR count). The molecule has 0 heterocycles. The standard InChI is InChI=1S/C14H20N2O2/c1-12(17)11-16(2)9-10-18-14-5-3-13(4-6-14)7-8-15/h3-6,12,17H,7,9-11H2,1-2H3. The number of benzene rings is 1. The van der Waals surface area contributed by atoms with Crippen molar-refractivity contribution in [2.24, 2.45) is 0 Å². The highest BCUT2D eigenvalue weighted by Crippen LogP contribution is 2.12. The van der Waals surface area contributed by atoms with Gasteiger partial charge in [-0.25, -0.2) is 0 Å². The maximum atomic E-state index is 9.21. The van der Waals surface area contributed by atoms with E-state index in [1.807, 2.05) is 36.2 Å². The summed E-state index contributed by atoms with van der Waals surface area (Å²) in [6.07, 6.45) is 0.109. The topological polar surface area (TPSA) is 56.5 Å². The van der Waals surface area contributed by atoms with E-state index < -0.39 is 0 Å². The molecule has 0 saturated heterocycles. The molecule has 18 heavy (non-hydrogen) atoms. The van der Waals surface area contributed by atoms with Gasteiger partial charge in [0.25, 0.3) is 0 Å². The van der Waals surface area contributed by atoms with Crippen molar-refractivity contribution < 1.29 is 9.84 Å². The van der Waals surface area contributed by atoms with Gasteiger partial charge in [0.05, 0.1) is 18.6 Å². The van der Waals surface area contributed by atoms with Crippen molar-refractivity contribution in [1.82, 2.24) is 4.90 Å². The molecule has 1 atom stereocenters. The van der Waals surface area contributed by atoms with Crippen molar-refractivity contribution in [3.05, 3.63) is 29.8 Å². The van der Waals surface area contributed by atoms with Crippen molar-refractivity contribution in [2.75, 3.05) is 26.7 Å². The van der Waals surface area contributed by atoms with Gasteiger partial charge in [-0.05, 0) is 31.7 Å². The van der Waals surface area contributed by atoms with Gasteiger partial charge in [-0.3, -0.25) is 0 Å². The zero-order valence-corrected chi connectivity index (χ0v) is 11.0. The van der Waals surface area contributed by atoms with E-state index in [1.165, 1.54) is 0 Å². The van der Waals surface area contributed by atoms with E-state index in [-0.39, 0.29) is 6.10 Å². The Morgan fingerprint density at radius 3 is 2.61 bits per heavy atom. The monoisotopic (exact) mass is 248 g/mol. The number of ether oxygens (including phenoxy) is 1. The molecule has 0 aliphatic heterocycles. The summed E-state index contributed by atoms with van der Waals surface area (Å²) in [5.41, 5.74) is 0.996. The van der Waals surface area contributed by atoms with Crippen LogP contribution in [0.25, 0.3) is 0 Å². The summed E-state index contributed by atoms with van der Waals surface area (Å²) in [7, 11) is 1.95. The van der Waals surface area contributed by atoms with Crippen LogP contribution in [-0.4, -0.2) is 42.9 Å². The van der Waals surface area contributed by atoms with Gasteiger partial charge in [0.1, 0.15) is 12.4 Å². The first-order valence-corrected chi connectivity index (χ1v) is 6.07. The fourth-order valence-corrected chi connectivity index (χ4v) is 1.66. The number of hydrogen-bond donors (Lipinski definition) is 1. The van der Waals surface area contributed by atoms with E-state index in [1.54, 1.807) is 6.92 Å². The Morgan fingerprint density at radius 1 is 1.39 bits per heavy atom. The molecule has 0 saturated carbocycles. The van der Waals surface area contributed by atoms with Crippen LogP contribution in [0.2, 0.25) is 0 Å². The molecule has 1 aromatic carbocycles. The van der Waals surface area contributed by atoms with Crippen LogP contribution >= 0.6 is 0 Å². The summed E-state index contributed by atoms with van der Waals surface area (Å²) in [4.78, 5) is 2.02. The van der Waals surface area contributed by atoms with Crippen molar-refractivity contribution in [1.29, 1.82) is 5.26 Å². The van der Waals surface area contributed by atoms with Gasteiger partial charge in [-0.1, -0.05) is 12.1 Å². The summed E-state index contributed by atoms with van der Waals surface area (Å²) in [6.45, 7) is 3.77. The lowest BCUT2D eigenvalue weighted by molar-refractivity contribution is 0.131. The number of rotatable bonds is 7. The van der Waals surface area contributed by atoms with Crippen LogP contribution in [0.1, 0.15) is 12.5 Å². The fraction of sp³-hybridized carbons (Fsp3) is 0.500. The first-order valence-electron chi connectivity index (χ1n) is 6.07. The number of likely N-dealkylation sites (N-methyl/N-ethyl adjacent to an activating group) is 1. The van der Waals surface area contributed by atoms with Gasteiger partial charge in [-0.2, -0.15) is 5.26 Å². The van der Waals surface area contributed by atoms with E-state index in [4.69, 9.17) is 10.00 Å². The van der Waals surface area contributed by atoms with Crippen molar-refractivity contribution in [2.45, 2.75) is 19.4 Å². The second kappa shape index (κ2) is 7.70. The third kappa shape index (κ3) is 5.67. The third-order valence-electron chi connectivity index (χ3n) is 2.52. The molecule has 0 aromatic heterocycles. The summed E-state index contributed by atoms with van der Waals surface area (Å²) >= 11 is 0. The van der Waals surface area contributed by atoms with E-state index in [9.17, 15) is 5.11 Å². The lowest BCUT2D eigenvalue weighted by Gasteiger charge is -2.18. The number of nitrogens with zero attached hydrogens (tertiary/aromatic N) is 2. The van der Waals surface area contributed by atoms with E-state index in [2.05, 4.69) is 6.07 Å². The highest BCUT2D eigenvalue weighted by Gasteiger charge is 2.02. The molecule has 1 N–H and O–H groups in total. The molecule has 4 nitrogen and oxygen atoms in total. The highest BCUT2D eigenvalue weighted by atomic mass is 16.5. The molecule has 1 aromatic rings. The highest BCUT2D eigenvalue weighted by molar-refractivity contribution is 5.28. The maximum Gasteiger partial charge on any atom is 0.119 e. The average Bonchev–Trinajstić information content (AvgIpc) is 2.31. The minimum atomic E-state index is -0.319. The zero-order chi connectivity index (χ0) is 13.4. The second-order valence-electron chi connectivity index (χ2n) is 4.44. The normalized spacial score (nSPS) is 12.2. The molecule has 98 valence electrons. The van der Waals surface area contributed by atoms with Crippen LogP contribution in [0.15, 0.2) is 24.3 Å². The Balaban J connectivity index is 2.29. The predicted molar refractivity (Wildman–Crippen MR) is 70.4 cm³/mol. The minimum Gasteiger partial charge on any atom is -0.492 e. The number of hydrogen-bond acceptors (Lipinski definition) is 4. The van der Waals surface area contributed by atoms with Crippen LogP contribution in [0.3, 0.4) is 0 Å². The average molecular weight is 248 g/mol. The molecular formula is C14H20N2O2. The van der Waals surface area contributed by atoms with Crippen molar-refractivity contribution >= 4 is 0 Å². The first-order chi connectivity index (χ1) is 8.61. The Morgan fingerprint density at radius 2 is 2.06 bits per heavy atom. The Bertz CT molecular complexity index is 382. The largest absolute Gasteiger partial charge is 0.492 e. The van der Waals surface area contributed by atoms with Crippen molar-refractivity contribution in [3.8, 4) is 11.8 Å². The molecule has 1 unspecified atom stereocenters. The smallest absolute Gasteiger partial charge is 0.119 e. The molecule has 4 heteroatoms. The van der Waals surface area contributed by atoms with Crippen LogP contribution in [-0.2, 0) is 6.42 Å². The van der Waals surface area contributed by atoms with Gasteiger partial charge >= 0.3 is 0 Å². The van der Waals surface area contributed by atoms with Gasteiger partial charge in [-0.15, -0.1) is 0 Å². The minimum absolute atomic E-state index is 0.319.